The Labute approximate surface area is 132 Å². The minimum absolute atomic E-state index is 0.00462. The first-order chi connectivity index (χ1) is 9.97. The number of benzene rings is 1. The van der Waals surface area contributed by atoms with E-state index in [4.69, 9.17) is 9.84 Å². The van der Waals surface area contributed by atoms with Crippen molar-refractivity contribution < 1.29 is 19.4 Å². The van der Waals surface area contributed by atoms with Crippen molar-refractivity contribution >= 4 is 27.8 Å². The molecule has 0 saturated carbocycles. The van der Waals surface area contributed by atoms with Crippen molar-refractivity contribution in [3.05, 3.63) is 28.7 Å². The third-order valence-corrected chi connectivity index (χ3v) is 4.02. The quantitative estimate of drug-likeness (QED) is 0.881. The van der Waals surface area contributed by atoms with E-state index in [1.807, 2.05) is 12.1 Å². The summed E-state index contributed by atoms with van der Waals surface area (Å²) in [4.78, 5) is 24.9. The molecule has 5 nitrogen and oxygen atoms in total. The Morgan fingerprint density at radius 1 is 1.52 bits per heavy atom. The van der Waals surface area contributed by atoms with Crippen LogP contribution in [0.4, 0.5) is 0 Å². The number of ether oxygens (including phenoxy) is 1. The van der Waals surface area contributed by atoms with Crippen LogP contribution in [0.3, 0.4) is 0 Å². The molecule has 0 aliphatic carbocycles. The van der Waals surface area contributed by atoms with Crippen LogP contribution < -0.4 is 4.74 Å². The van der Waals surface area contributed by atoms with Crippen molar-refractivity contribution in [3.8, 4) is 5.75 Å². The molecule has 2 unspecified atom stereocenters. The van der Waals surface area contributed by atoms with Gasteiger partial charge in [0, 0.05) is 17.1 Å². The van der Waals surface area contributed by atoms with Gasteiger partial charge in [-0.05, 0) is 38.0 Å². The van der Waals surface area contributed by atoms with Crippen LogP contribution in [-0.2, 0) is 9.59 Å². The molecule has 1 aliphatic rings. The van der Waals surface area contributed by atoms with E-state index in [1.54, 1.807) is 24.0 Å². The molecule has 1 aromatic rings. The fourth-order valence-electron chi connectivity index (χ4n) is 2.57. The summed E-state index contributed by atoms with van der Waals surface area (Å²) in [5.74, 6) is -0.418. The van der Waals surface area contributed by atoms with Gasteiger partial charge >= 0.3 is 5.97 Å². The Morgan fingerprint density at radius 2 is 2.29 bits per heavy atom. The Hall–Kier alpha value is -1.56. The van der Waals surface area contributed by atoms with E-state index in [-0.39, 0.29) is 18.4 Å². The summed E-state index contributed by atoms with van der Waals surface area (Å²) in [7, 11) is 0. The molecule has 6 heteroatoms. The SMILES string of the molecule is CC(Oc1cccc(Br)c1)C(=O)N1CCCC1CC(=O)O. The van der Waals surface area contributed by atoms with Crippen LogP contribution in [0.5, 0.6) is 5.75 Å². The van der Waals surface area contributed by atoms with E-state index < -0.39 is 12.1 Å². The Kier molecular flexibility index (Phi) is 5.22. The maximum atomic E-state index is 12.4. The lowest BCUT2D eigenvalue weighted by atomic mass is 10.1. The monoisotopic (exact) mass is 355 g/mol. The lowest BCUT2D eigenvalue weighted by Crippen LogP contribution is -2.43. The van der Waals surface area contributed by atoms with Crippen LogP contribution in [0.15, 0.2) is 28.7 Å². The first-order valence-corrected chi connectivity index (χ1v) is 7.71. The van der Waals surface area contributed by atoms with Gasteiger partial charge in [-0.3, -0.25) is 9.59 Å². The van der Waals surface area contributed by atoms with Crippen molar-refractivity contribution in [2.45, 2.75) is 38.3 Å². The first-order valence-electron chi connectivity index (χ1n) is 6.92. The fraction of sp³-hybridized carbons (Fsp3) is 0.467. The maximum Gasteiger partial charge on any atom is 0.305 e. The zero-order chi connectivity index (χ0) is 15.4. The van der Waals surface area contributed by atoms with E-state index in [0.29, 0.717) is 12.3 Å². The summed E-state index contributed by atoms with van der Waals surface area (Å²) < 4.78 is 6.53. The lowest BCUT2D eigenvalue weighted by Gasteiger charge is -2.26. The number of rotatable bonds is 5. The molecule has 1 aromatic carbocycles. The number of carbonyl (C=O) groups excluding carboxylic acids is 1. The minimum Gasteiger partial charge on any atom is -0.481 e. The van der Waals surface area contributed by atoms with Gasteiger partial charge < -0.3 is 14.7 Å². The van der Waals surface area contributed by atoms with E-state index in [9.17, 15) is 9.59 Å². The van der Waals surface area contributed by atoms with Crippen molar-refractivity contribution in [2.24, 2.45) is 0 Å². The minimum atomic E-state index is -0.875. The Morgan fingerprint density at radius 3 is 2.95 bits per heavy atom. The van der Waals surface area contributed by atoms with Crippen molar-refractivity contribution in [1.82, 2.24) is 4.90 Å². The number of carboxylic acids is 1. The van der Waals surface area contributed by atoms with Gasteiger partial charge in [0.15, 0.2) is 6.10 Å². The smallest absolute Gasteiger partial charge is 0.305 e. The number of amides is 1. The molecule has 114 valence electrons. The highest BCUT2D eigenvalue weighted by Gasteiger charge is 2.33. The normalized spacial score (nSPS) is 19.3. The standard InChI is InChI=1S/C15H18BrNO4/c1-10(21-13-6-2-4-11(16)8-13)15(20)17-7-3-5-12(17)9-14(18)19/h2,4,6,8,10,12H,3,5,7,9H2,1H3,(H,18,19). The number of likely N-dealkylation sites (tertiary alicyclic amines) is 1. The third kappa shape index (κ3) is 4.20. The van der Waals surface area contributed by atoms with Crippen molar-refractivity contribution in [1.29, 1.82) is 0 Å². The number of aliphatic carboxylic acids is 1. The Bertz CT molecular complexity index is 534. The average molecular weight is 356 g/mol. The van der Waals surface area contributed by atoms with Gasteiger partial charge in [-0.1, -0.05) is 22.0 Å². The number of halogens is 1. The molecular weight excluding hydrogens is 338 g/mol. The highest BCUT2D eigenvalue weighted by molar-refractivity contribution is 9.10. The maximum absolute atomic E-state index is 12.4. The number of carbonyl (C=O) groups is 2. The number of hydrogen-bond acceptors (Lipinski definition) is 3. The largest absolute Gasteiger partial charge is 0.481 e. The summed E-state index contributed by atoms with van der Waals surface area (Å²) in [6.07, 6.45) is 0.943. The van der Waals surface area contributed by atoms with Crippen molar-refractivity contribution in [2.75, 3.05) is 6.54 Å². The van der Waals surface area contributed by atoms with Crippen LogP contribution in [0.2, 0.25) is 0 Å². The molecule has 21 heavy (non-hydrogen) atoms. The van der Waals surface area contributed by atoms with Gasteiger partial charge in [-0.25, -0.2) is 0 Å². The first kappa shape index (κ1) is 15.8. The zero-order valence-electron chi connectivity index (χ0n) is 11.8. The molecule has 0 spiro atoms. The molecule has 1 N–H and O–H groups in total. The molecule has 1 amide bonds. The van der Waals surface area contributed by atoms with E-state index in [0.717, 1.165) is 17.3 Å². The molecule has 2 atom stereocenters. The number of nitrogens with zero attached hydrogens (tertiary/aromatic N) is 1. The van der Waals surface area contributed by atoms with Crippen LogP contribution in [0.25, 0.3) is 0 Å². The van der Waals surface area contributed by atoms with E-state index in [1.165, 1.54) is 0 Å². The molecule has 1 fully saturated rings. The summed E-state index contributed by atoms with van der Waals surface area (Å²) in [6.45, 7) is 2.29. The predicted molar refractivity (Wildman–Crippen MR) is 81.2 cm³/mol. The summed E-state index contributed by atoms with van der Waals surface area (Å²) in [5.41, 5.74) is 0. The molecule has 0 aromatic heterocycles. The van der Waals surface area contributed by atoms with E-state index >= 15 is 0 Å². The van der Waals surface area contributed by atoms with Gasteiger partial charge in [-0.2, -0.15) is 0 Å². The van der Waals surface area contributed by atoms with Gasteiger partial charge in [0.1, 0.15) is 5.75 Å². The van der Waals surface area contributed by atoms with Crippen LogP contribution in [-0.4, -0.2) is 40.6 Å². The number of hydrogen-bond donors (Lipinski definition) is 1. The summed E-state index contributed by atoms with van der Waals surface area (Å²) in [6, 6.07) is 7.07. The fourth-order valence-corrected chi connectivity index (χ4v) is 2.95. The molecule has 0 radical (unpaired) electrons. The van der Waals surface area contributed by atoms with Gasteiger partial charge in [0.2, 0.25) is 0 Å². The van der Waals surface area contributed by atoms with Crippen LogP contribution >= 0.6 is 15.9 Å². The molecule has 1 saturated heterocycles. The molecule has 2 rings (SSSR count). The van der Waals surface area contributed by atoms with Gasteiger partial charge in [-0.15, -0.1) is 0 Å². The third-order valence-electron chi connectivity index (χ3n) is 3.53. The van der Waals surface area contributed by atoms with Crippen LogP contribution in [0, 0.1) is 0 Å². The second-order valence-corrected chi connectivity index (χ2v) is 6.06. The molecule has 1 heterocycles. The molecular formula is C15H18BrNO4. The summed E-state index contributed by atoms with van der Waals surface area (Å²) >= 11 is 3.35. The second kappa shape index (κ2) is 6.93. The Balaban J connectivity index is 1.99. The van der Waals surface area contributed by atoms with Gasteiger partial charge in [0.05, 0.1) is 6.42 Å². The molecule has 1 aliphatic heterocycles. The molecule has 0 bridgehead atoms. The van der Waals surface area contributed by atoms with Gasteiger partial charge in [0.25, 0.3) is 5.91 Å². The predicted octanol–water partition coefficient (Wildman–Crippen LogP) is 2.68. The van der Waals surface area contributed by atoms with E-state index in [2.05, 4.69) is 15.9 Å². The van der Waals surface area contributed by atoms with Crippen molar-refractivity contribution in [3.63, 3.8) is 0 Å². The topological polar surface area (TPSA) is 66.8 Å². The number of carboxylic acid groups (broad SMARTS) is 1. The highest BCUT2D eigenvalue weighted by Crippen LogP contribution is 2.23. The second-order valence-electron chi connectivity index (χ2n) is 5.14. The van der Waals surface area contributed by atoms with Crippen LogP contribution in [0.1, 0.15) is 26.2 Å². The highest BCUT2D eigenvalue weighted by atomic mass is 79.9. The zero-order valence-corrected chi connectivity index (χ0v) is 13.4. The average Bonchev–Trinajstić information content (AvgIpc) is 2.85. The summed E-state index contributed by atoms with van der Waals surface area (Å²) in [5, 5.41) is 8.90. The lowest BCUT2D eigenvalue weighted by molar-refractivity contribution is -0.142.